The second-order valence-electron chi connectivity index (χ2n) is 5.60. The van der Waals surface area contributed by atoms with Gasteiger partial charge in [-0.15, -0.1) is 0 Å². The van der Waals surface area contributed by atoms with Gasteiger partial charge in [0.05, 0.1) is 17.3 Å². The molecule has 7 nitrogen and oxygen atoms in total. The Hall–Kier alpha value is -2.80. The van der Waals surface area contributed by atoms with Crippen LogP contribution in [0.15, 0.2) is 30.5 Å². The van der Waals surface area contributed by atoms with Crippen molar-refractivity contribution < 1.29 is 35.9 Å². The Balaban J connectivity index is 2.07. The second-order valence-corrected chi connectivity index (χ2v) is 6.32. The van der Waals surface area contributed by atoms with E-state index >= 15 is 0 Å². The summed E-state index contributed by atoms with van der Waals surface area (Å²) in [7, 11) is 0. The van der Waals surface area contributed by atoms with Crippen LogP contribution in [0.3, 0.4) is 0 Å². The van der Waals surface area contributed by atoms with Crippen LogP contribution in [0.25, 0.3) is 5.82 Å². The van der Waals surface area contributed by atoms with E-state index < -0.39 is 35.7 Å². The Bertz CT molecular complexity index is 1090. The van der Waals surface area contributed by atoms with Crippen molar-refractivity contribution in [3.05, 3.63) is 52.6 Å². The van der Waals surface area contributed by atoms with Crippen molar-refractivity contribution in [2.24, 2.45) is 0 Å². The molecule has 160 valence electrons. The van der Waals surface area contributed by atoms with Gasteiger partial charge in [-0.2, -0.15) is 41.2 Å². The molecule has 3 aromatic rings. The molecule has 0 saturated carbocycles. The van der Waals surface area contributed by atoms with Gasteiger partial charge in [0.2, 0.25) is 5.88 Å². The van der Waals surface area contributed by atoms with Crippen LogP contribution in [0.2, 0.25) is 5.02 Å². The molecule has 0 aliphatic rings. The summed E-state index contributed by atoms with van der Waals surface area (Å²) in [5.74, 6) is -0.437. The van der Waals surface area contributed by atoms with Crippen LogP contribution < -0.4 is 4.74 Å². The second kappa shape index (κ2) is 7.80. The first kappa shape index (κ1) is 21.9. The molecule has 0 radical (unpaired) electrons. The maximum atomic E-state index is 13.2. The normalized spacial score (nSPS) is 12.3. The van der Waals surface area contributed by atoms with E-state index in [0.29, 0.717) is 0 Å². The lowest BCUT2D eigenvalue weighted by molar-refractivity contribution is -0.144. The number of alkyl halides is 6. The number of pyridine rings is 1. The predicted octanol–water partition coefficient (Wildman–Crippen LogP) is 4.94. The summed E-state index contributed by atoms with van der Waals surface area (Å²) in [6.45, 7) is -0.838. The Morgan fingerprint density at radius 1 is 1.10 bits per heavy atom. The van der Waals surface area contributed by atoms with Crippen LogP contribution in [0.5, 0.6) is 5.88 Å². The van der Waals surface area contributed by atoms with Crippen LogP contribution in [-0.2, 0) is 18.9 Å². The highest BCUT2D eigenvalue weighted by molar-refractivity contribution is 6.61. The zero-order valence-electron chi connectivity index (χ0n) is 14.2. The standard InChI is InChI=1S/C15H7Cl2F6N5O2/c16-8-2-1-3-24-12(8)28-11(30-13(17)29)4-7(25-28)6-27-10(15(21,22)23)5-9(26-27)14(18,19)20/h1-5H,6H2. The molecule has 0 aromatic carbocycles. The van der Waals surface area contributed by atoms with Crippen molar-refractivity contribution >= 4 is 28.6 Å². The third-order valence-corrected chi connectivity index (χ3v) is 3.90. The van der Waals surface area contributed by atoms with E-state index in [0.717, 1.165) is 10.7 Å². The molecule has 15 heteroatoms. The number of hydrogen-bond acceptors (Lipinski definition) is 5. The molecule has 0 aliphatic heterocycles. The summed E-state index contributed by atoms with van der Waals surface area (Å²) in [5.41, 5.74) is -4.92. The smallest absolute Gasteiger partial charge is 0.395 e. The summed E-state index contributed by atoms with van der Waals surface area (Å²) in [5, 5.41) is 6.92. The van der Waals surface area contributed by atoms with Crippen molar-refractivity contribution in [3.63, 3.8) is 0 Å². The third-order valence-electron chi connectivity index (χ3n) is 3.52. The van der Waals surface area contributed by atoms with Gasteiger partial charge in [-0.25, -0.2) is 9.78 Å². The van der Waals surface area contributed by atoms with Crippen LogP contribution >= 0.6 is 23.2 Å². The maximum Gasteiger partial charge on any atom is 0.435 e. The van der Waals surface area contributed by atoms with E-state index in [9.17, 15) is 31.1 Å². The Morgan fingerprint density at radius 2 is 1.80 bits per heavy atom. The van der Waals surface area contributed by atoms with Crippen LogP contribution in [0.1, 0.15) is 17.1 Å². The first-order valence-electron chi connectivity index (χ1n) is 7.65. The van der Waals surface area contributed by atoms with Gasteiger partial charge in [-0.05, 0) is 12.1 Å². The van der Waals surface area contributed by atoms with E-state index in [1.54, 1.807) is 0 Å². The number of hydrogen-bond donors (Lipinski definition) is 0. The molecule has 3 aromatic heterocycles. The van der Waals surface area contributed by atoms with Crippen molar-refractivity contribution in [2.75, 3.05) is 0 Å². The number of aromatic nitrogens is 5. The number of halogens is 8. The van der Waals surface area contributed by atoms with Crippen LogP contribution in [0, 0.1) is 0 Å². The first-order valence-corrected chi connectivity index (χ1v) is 8.41. The number of rotatable bonds is 4. The molecule has 0 bridgehead atoms. The van der Waals surface area contributed by atoms with E-state index in [1.807, 2.05) is 0 Å². The Morgan fingerprint density at radius 3 is 2.37 bits per heavy atom. The molecule has 0 fully saturated rings. The van der Waals surface area contributed by atoms with E-state index in [-0.39, 0.29) is 33.2 Å². The number of ether oxygens (including phenoxy) is 1. The SMILES string of the molecule is O=C(Cl)Oc1cc(Cn2nc(C(F)(F)F)cc2C(F)(F)F)nn1-c1ncccc1Cl. The molecule has 30 heavy (non-hydrogen) atoms. The monoisotopic (exact) mass is 473 g/mol. The van der Waals surface area contributed by atoms with E-state index in [4.69, 9.17) is 27.9 Å². The molecule has 0 aliphatic carbocycles. The minimum atomic E-state index is -5.12. The number of carbonyl (C=O) groups is 1. The van der Waals surface area contributed by atoms with Gasteiger partial charge >= 0.3 is 17.8 Å². The summed E-state index contributed by atoms with van der Waals surface area (Å²) < 4.78 is 83.6. The average molecular weight is 474 g/mol. The van der Waals surface area contributed by atoms with Gasteiger partial charge < -0.3 is 4.74 Å². The van der Waals surface area contributed by atoms with Crippen LogP contribution in [-0.4, -0.2) is 30.0 Å². The van der Waals surface area contributed by atoms with E-state index in [2.05, 4.69) is 15.2 Å². The van der Waals surface area contributed by atoms with Crippen molar-refractivity contribution in [3.8, 4) is 11.7 Å². The maximum absolute atomic E-state index is 13.2. The molecule has 3 heterocycles. The molecule has 0 amide bonds. The van der Waals surface area contributed by atoms with Gasteiger partial charge in [-0.3, -0.25) is 4.68 Å². The minimum Gasteiger partial charge on any atom is -0.395 e. The lowest BCUT2D eigenvalue weighted by atomic mass is 10.3. The molecule has 0 N–H and O–H groups in total. The van der Waals surface area contributed by atoms with E-state index in [1.165, 1.54) is 18.3 Å². The fraction of sp³-hybridized carbons (Fsp3) is 0.200. The lowest BCUT2D eigenvalue weighted by Gasteiger charge is -2.08. The summed E-state index contributed by atoms with van der Waals surface area (Å²) in [6.07, 6.45) is -8.90. The highest BCUT2D eigenvalue weighted by Gasteiger charge is 2.42. The number of nitrogens with zero attached hydrogens (tertiary/aromatic N) is 5. The fourth-order valence-electron chi connectivity index (χ4n) is 2.38. The zero-order chi connectivity index (χ0) is 22.3. The molecule has 0 saturated heterocycles. The summed E-state index contributed by atoms with van der Waals surface area (Å²) in [4.78, 5) is 15.0. The largest absolute Gasteiger partial charge is 0.435 e. The summed E-state index contributed by atoms with van der Waals surface area (Å²) >= 11 is 11.2. The quantitative estimate of drug-likeness (QED) is 0.396. The molecule has 0 atom stereocenters. The highest BCUT2D eigenvalue weighted by Crippen LogP contribution is 2.35. The topological polar surface area (TPSA) is 74.8 Å². The Labute approximate surface area is 172 Å². The number of carbonyl (C=O) groups excluding carboxylic acids is 1. The Kier molecular flexibility index (Phi) is 5.69. The lowest BCUT2D eigenvalue weighted by Crippen LogP contribution is -2.16. The molecule has 0 unspecified atom stereocenters. The van der Waals surface area contributed by atoms with Gasteiger partial charge in [-0.1, -0.05) is 11.6 Å². The predicted molar refractivity (Wildman–Crippen MR) is 89.6 cm³/mol. The zero-order valence-corrected chi connectivity index (χ0v) is 15.7. The van der Waals surface area contributed by atoms with Gasteiger partial charge in [0.1, 0.15) is 5.69 Å². The van der Waals surface area contributed by atoms with Gasteiger partial charge in [0, 0.05) is 29.9 Å². The van der Waals surface area contributed by atoms with Gasteiger partial charge in [0.25, 0.3) is 0 Å². The fourth-order valence-corrected chi connectivity index (χ4v) is 2.67. The van der Waals surface area contributed by atoms with Gasteiger partial charge in [0.15, 0.2) is 11.5 Å². The highest BCUT2D eigenvalue weighted by atomic mass is 35.5. The van der Waals surface area contributed by atoms with Crippen molar-refractivity contribution in [2.45, 2.75) is 18.9 Å². The molecular weight excluding hydrogens is 467 g/mol. The van der Waals surface area contributed by atoms with Crippen molar-refractivity contribution in [1.82, 2.24) is 24.5 Å². The van der Waals surface area contributed by atoms with Crippen molar-refractivity contribution in [1.29, 1.82) is 0 Å². The average Bonchev–Trinajstić information content (AvgIpc) is 3.19. The molecule has 0 spiro atoms. The third kappa shape index (κ3) is 4.67. The first-order chi connectivity index (χ1) is 13.9. The molecular formula is C15H7Cl2F6N5O2. The molecule has 3 rings (SSSR count). The minimum absolute atomic E-state index is 0.0356. The van der Waals surface area contributed by atoms with Crippen LogP contribution in [0.4, 0.5) is 31.1 Å². The summed E-state index contributed by atoms with van der Waals surface area (Å²) in [6, 6.07) is 3.75.